The van der Waals surface area contributed by atoms with Gasteiger partial charge in [0.2, 0.25) is 5.43 Å². The van der Waals surface area contributed by atoms with E-state index in [-0.39, 0.29) is 40.9 Å². The highest BCUT2D eigenvalue weighted by atomic mass is 32.1. The highest BCUT2D eigenvalue weighted by Gasteiger charge is 2.34. The molecular formula is C21H20F2N4O4S. The second-order valence-electron chi connectivity index (χ2n) is 7.34. The van der Waals surface area contributed by atoms with E-state index in [1.54, 1.807) is 4.57 Å². The molecular weight excluding hydrogens is 442 g/mol. The first-order chi connectivity index (χ1) is 15.3. The monoisotopic (exact) mass is 462 g/mol. The van der Waals surface area contributed by atoms with Gasteiger partial charge in [-0.2, -0.15) is 0 Å². The van der Waals surface area contributed by atoms with E-state index in [2.05, 4.69) is 10.2 Å². The van der Waals surface area contributed by atoms with Crippen molar-refractivity contribution in [3.63, 3.8) is 0 Å². The lowest BCUT2D eigenvalue weighted by Gasteiger charge is -2.35. The van der Waals surface area contributed by atoms with Crippen LogP contribution in [-0.4, -0.2) is 57.5 Å². The number of ether oxygens (including phenoxy) is 1. The summed E-state index contributed by atoms with van der Waals surface area (Å²) in [5, 5.41) is 19.3. The van der Waals surface area contributed by atoms with E-state index in [1.165, 1.54) is 24.3 Å². The Labute approximate surface area is 185 Å². The summed E-state index contributed by atoms with van der Waals surface area (Å²) in [6.45, 7) is 2.87. The number of benzene rings is 1. The number of hydrogen-bond donors (Lipinski definition) is 1. The van der Waals surface area contributed by atoms with Gasteiger partial charge in [-0.1, -0.05) is 17.4 Å². The maximum absolute atomic E-state index is 14.0. The molecule has 0 fully saturated rings. The summed E-state index contributed by atoms with van der Waals surface area (Å²) < 4.78 is 33.9. The van der Waals surface area contributed by atoms with E-state index in [0.29, 0.717) is 18.1 Å². The fourth-order valence-corrected chi connectivity index (χ4v) is 4.58. The standard InChI is InChI=1S/C21H20F2N4O4S/c1-3-26-8-13(10-31-2)27-9-14(18(28)19(29)17(27)21(26)30)20-25-24-16(32-20)6-11-4-5-12(22)7-15(11)23/h4-5,7,9,13,29H,3,6,8,10H2,1-2H3/t13-/m1/s1. The number of rotatable bonds is 6. The zero-order valence-electron chi connectivity index (χ0n) is 17.3. The Balaban J connectivity index is 1.74. The average Bonchev–Trinajstić information content (AvgIpc) is 3.22. The Morgan fingerprint density at radius 2 is 2.06 bits per heavy atom. The summed E-state index contributed by atoms with van der Waals surface area (Å²) in [5.74, 6) is -2.47. The molecule has 0 spiro atoms. The molecule has 1 atom stereocenters. The molecule has 0 aliphatic carbocycles. The van der Waals surface area contributed by atoms with Crippen LogP contribution in [0.4, 0.5) is 8.78 Å². The number of likely N-dealkylation sites (N-methyl/N-ethyl adjacent to an activating group) is 1. The number of methoxy groups -OCH3 is 1. The third kappa shape index (κ3) is 3.89. The summed E-state index contributed by atoms with van der Waals surface area (Å²) in [7, 11) is 1.53. The summed E-state index contributed by atoms with van der Waals surface area (Å²) >= 11 is 1.05. The number of aromatic hydroxyl groups is 1. The van der Waals surface area contributed by atoms with Crippen molar-refractivity contribution in [2.45, 2.75) is 19.4 Å². The molecule has 0 unspecified atom stereocenters. The highest BCUT2D eigenvalue weighted by molar-refractivity contribution is 7.14. The van der Waals surface area contributed by atoms with Crippen molar-refractivity contribution in [1.29, 1.82) is 0 Å². The van der Waals surface area contributed by atoms with E-state index in [0.717, 1.165) is 23.5 Å². The summed E-state index contributed by atoms with van der Waals surface area (Å²) in [5.41, 5.74) is -0.514. The van der Waals surface area contributed by atoms with Gasteiger partial charge < -0.3 is 19.3 Å². The molecule has 0 radical (unpaired) electrons. The SMILES string of the molecule is CCN1C[C@H](COC)n2cc(-c3nnc(Cc4ccc(F)cc4F)s3)c(=O)c(O)c2C1=O. The van der Waals surface area contributed by atoms with Gasteiger partial charge in [-0.05, 0) is 18.6 Å². The average molecular weight is 462 g/mol. The lowest BCUT2D eigenvalue weighted by atomic mass is 10.1. The molecule has 0 bridgehead atoms. The number of carbonyl (C=O) groups is 1. The number of nitrogens with zero attached hydrogens (tertiary/aromatic N) is 4. The Morgan fingerprint density at radius 3 is 2.75 bits per heavy atom. The van der Waals surface area contributed by atoms with Gasteiger partial charge in [0.05, 0.1) is 18.2 Å². The minimum atomic E-state index is -0.741. The van der Waals surface area contributed by atoms with Crippen LogP contribution in [-0.2, 0) is 11.2 Å². The highest BCUT2D eigenvalue weighted by Crippen LogP contribution is 2.31. The first kappa shape index (κ1) is 22.0. The predicted molar refractivity (Wildman–Crippen MR) is 113 cm³/mol. The van der Waals surface area contributed by atoms with Crippen LogP contribution in [0, 0.1) is 11.6 Å². The first-order valence-electron chi connectivity index (χ1n) is 9.87. The molecule has 0 saturated carbocycles. The normalized spacial score (nSPS) is 15.8. The van der Waals surface area contributed by atoms with E-state index < -0.39 is 28.7 Å². The van der Waals surface area contributed by atoms with Crippen LogP contribution in [0.5, 0.6) is 5.75 Å². The van der Waals surface area contributed by atoms with Crippen LogP contribution >= 0.6 is 11.3 Å². The van der Waals surface area contributed by atoms with Gasteiger partial charge in [-0.15, -0.1) is 10.2 Å². The molecule has 1 aliphatic rings. The van der Waals surface area contributed by atoms with Crippen LogP contribution in [0.2, 0.25) is 0 Å². The number of halogens is 2. The van der Waals surface area contributed by atoms with Crippen molar-refractivity contribution in [3.05, 3.63) is 62.5 Å². The molecule has 3 heterocycles. The molecule has 32 heavy (non-hydrogen) atoms. The van der Waals surface area contributed by atoms with E-state index in [1.807, 2.05) is 6.92 Å². The van der Waals surface area contributed by atoms with Gasteiger partial charge in [0.25, 0.3) is 5.91 Å². The van der Waals surface area contributed by atoms with Crippen LogP contribution in [0.1, 0.15) is 34.0 Å². The van der Waals surface area contributed by atoms with Gasteiger partial charge >= 0.3 is 0 Å². The molecule has 4 rings (SSSR count). The lowest BCUT2D eigenvalue weighted by molar-refractivity contribution is 0.0590. The van der Waals surface area contributed by atoms with Crippen molar-refractivity contribution in [3.8, 4) is 16.3 Å². The van der Waals surface area contributed by atoms with Crippen LogP contribution < -0.4 is 5.43 Å². The van der Waals surface area contributed by atoms with Gasteiger partial charge in [0, 0.05) is 38.9 Å². The lowest BCUT2D eigenvalue weighted by Crippen LogP contribution is -2.45. The van der Waals surface area contributed by atoms with Gasteiger partial charge in [0.1, 0.15) is 16.6 Å². The third-order valence-corrected chi connectivity index (χ3v) is 6.28. The molecule has 2 aromatic heterocycles. The molecule has 3 aromatic rings. The number of carbonyl (C=O) groups excluding carboxylic acids is 1. The third-order valence-electron chi connectivity index (χ3n) is 5.32. The fraction of sp³-hybridized carbons (Fsp3) is 0.333. The van der Waals surface area contributed by atoms with Crippen molar-refractivity contribution in [2.24, 2.45) is 0 Å². The molecule has 168 valence electrons. The second kappa shape index (κ2) is 8.75. The Bertz CT molecular complexity index is 1240. The maximum atomic E-state index is 14.0. The zero-order valence-corrected chi connectivity index (χ0v) is 18.2. The van der Waals surface area contributed by atoms with Crippen molar-refractivity contribution < 1.29 is 23.4 Å². The van der Waals surface area contributed by atoms with E-state index >= 15 is 0 Å². The Kier molecular flexibility index (Phi) is 6.02. The number of hydrogen-bond acceptors (Lipinski definition) is 7. The minimum Gasteiger partial charge on any atom is -0.503 e. The zero-order chi connectivity index (χ0) is 23.0. The minimum absolute atomic E-state index is 0.0677. The molecule has 0 saturated heterocycles. The van der Waals surface area contributed by atoms with Crippen LogP contribution in [0.3, 0.4) is 0 Å². The van der Waals surface area contributed by atoms with Gasteiger partial charge in [-0.25, -0.2) is 8.78 Å². The number of amides is 1. The molecule has 1 aromatic carbocycles. The Hall–Kier alpha value is -3.18. The van der Waals surface area contributed by atoms with E-state index in [9.17, 15) is 23.5 Å². The van der Waals surface area contributed by atoms with Crippen molar-refractivity contribution in [1.82, 2.24) is 19.7 Å². The fourth-order valence-electron chi connectivity index (χ4n) is 3.71. The summed E-state index contributed by atoms with van der Waals surface area (Å²) in [6, 6.07) is 2.96. The quantitative estimate of drug-likeness (QED) is 0.605. The molecule has 11 heteroatoms. The van der Waals surface area contributed by atoms with Gasteiger partial charge in [0.15, 0.2) is 16.5 Å². The summed E-state index contributed by atoms with van der Waals surface area (Å²) in [6.07, 6.45) is 1.55. The predicted octanol–water partition coefficient (Wildman–Crippen LogP) is 2.60. The maximum Gasteiger partial charge on any atom is 0.274 e. The number of aromatic nitrogens is 3. The van der Waals surface area contributed by atoms with E-state index in [4.69, 9.17) is 4.74 Å². The molecule has 1 N–H and O–H groups in total. The molecule has 1 amide bonds. The number of pyridine rings is 1. The first-order valence-corrected chi connectivity index (χ1v) is 10.7. The van der Waals surface area contributed by atoms with Crippen molar-refractivity contribution in [2.75, 3.05) is 26.8 Å². The largest absolute Gasteiger partial charge is 0.503 e. The molecule has 1 aliphatic heterocycles. The van der Waals surface area contributed by atoms with Crippen molar-refractivity contribution >= 4 is 17.2 Å². The van der Waals surface area contributed by atoms with Crippen LogP contribution in [0.15, 0.2) is 29.2 Å². The Morgan fingerprint density at radius 1 is 1.28 bits per heavy atom. The topological polar surface area (TPSA) is 97.6 Å². The second-order valence-corrected chi connectivity index (χ2v) is 8.40. The van der Waals surface area contributed by atoms with Gasteiger partial charge in [-0.3, -0.25) is 9.59 Å². The smallest absolute Gasteiger partial charge is 0.274 e. The summed E-state index contributed by atoms with van der Waals surface area (Å²) in [4.78, 5) is 27.2. The van der Waals surface area contributed by atoms with Crippen LogP contribution in [0.25, 0.3) is 10.6 Å². The number of fused-ring (bicyclic) bond motifs is 1. The molecule has 8 nitrogen and oxygen atoms in total.